The number of sulfone groups is 1. The van der Waals surface area contributed by atoms with Crippen molar-refractivity contribution in [1.29, 1.82) is 0 Å². The Hall–Kier alpha value is -2.38. The molecule has 0 bridgehead atoms. The van der Waals surface area contributed by atoms with Crippen LogP contribution in [-0.4, -0.2) is 94.9 Å². The minimum absolute atomic E-state index is 0.0653. The number of hydrogen-bond donors (Lipinski definition) is 4. The van der Waals surface area contributed by atoms with Crippen molar-refractivity contribution in [2.24, 2.45) is 23.2 Å². The maximum atomic E-state index is 14.4. The molecule has 0 aromatic heterocycles. The third kappa shape index (κ3) is 7.52. The Bertz CT molecular complexity index is 1440. The summed E-state index contributed by atoms with van der Waals surface area (Å²) in [4.78, 5) is 69.1. The number of carbonyl (C=O) groups is 5. The van der Waals surface area contributed by atoms with E-state index in [-0.39, 0.29) is 24.8 Å². The highest BCUT2D eigenvalue weighted by molar-refractivity contribution is 7.92. The molecule has 5 fully saturated rings. The first-order valence-corrected chi connectivity index (χ1v) is 19.6. The molecule has 0 aromatic carbocycles. The van der Waals surface area contributed by atoms with Gasteiger partial charge in [-0.15, -0.1) is 29.8 Å². The van der Waals surface area contributed by atoms with E-state index in [4.69, 9.17) is 23.2 Å². The van der Waals surface area contributed by atoms with Gasteiger partial charge in [0, 0.05) is 24.9 Å². The van der Waals surface area contributed by atoms with E-state index in [0.29, 0.717) is 32.1 Å². The molecule has 0 aromatic rings. The van der Waals surface area contributed by atoms with Gasteiger partial charge in [-0.3, -0.25) is 19.2 Å². The van der Waals surface area contributed by atoms with Gasteiger partial charge >= 0.3 is 6.03 Å². The number of ketones is 1. The summed E-state index contributed by atoms with van der Waals surface area (Å²) >= 11 is 13.1. The van der Waals surface area contributed by atoms with E-state index in [0.717, 1.165) is 32.1 Å². The third-order valence-electron chi connectivity index (χ3n) is 10.9. The molecule has 0 spiro atoms. The van der Waals surface area contributed by atoms with Crippen LogP contribution in [0.2, 0.25) is 0 Å². The fraction of sp³-hybridized carbons (Fsp3) is 0.788. The predicted molar refractivity (Wildman–Crippen MR) is 182 cm³/mol. The van der Waals surface area contributed by atoms with Crippen LogP contribution in [0.3, 0.4) is 0 Å². The van der Waals surface area contributed by atoms with Crippen molar-refractivity contribution in [3.63, 3.8) is 0 Å². The van der Waals surface area contributed by atoms with Crippen molar-refractivity contribution in [3.05, 3.63) is 12.7 Å². The number of hydrogen-bond acceptors (Lipinski definition) is 7. The number of rotatable bonds is 12. The third-order valence-corrected chi connectivity index (χ3v) is 14.3. The summed E-state index contributed by atoms with van der Waals surface area (Å²) in [5, 5.41) is 10.4. The lowest BCUT2D eigenvalue weighted by Gasteiger charge is -2.43. The Morgan fingerprint density at radius 2 is 1.67 bits per heavy atom. The molecule has 2 saturated heterocycles. The van der Waals surface area contributed by atoms with Crippen LogP contribution in [0.15, 0.2) is 12.7 Å². The number of urea groups is 1. The van der Waals surface area contributed by atoms with Crippen molar-refractivity contribution in [2.75, 3.05) is 18.8 Å². The molecule has 3 aliphatic carbocycles. The van der Waals surface area contributed by atoms with Crippen molar-refractivity contribution in [1.82, 2.24) is 26.2 Å². The lowest BCUT2D eigenvalue weighted by molar-refractivity contribution is -0.144. The highest BCUT2D eigenvalue weighted by Crippen LogP contribution is 2.65. The molecule has 5 amide bonds. The standard InChI is InChI=1S/C33H49Cl2N5O7S/c1-5-15-36-28(43)25(41)21(17-19-11-12-19)37-27(42)24-23-20(33(23,34)35)18-40(24)29(44)26(31(2,3)4)38-30(45)39-32(13-7-6-8-14-32)22-10-9-16-48(22,46)47/h5,19-24,26H,1,6-18H2,2-4H3,(H,36,43)(H,37,42)(H2,38,39,45)/t20-,21-,22-,23-,24-,26+/m0/s1. The number of fused-ring (bicyclic) bond motifs is 1. The van der Waals surface area contributed by atoms with Crippen molar-refractivity contribution in [3.8, 4) is 0 Å². The maximum Gasteiger partial charge on any atom is 0.315 e. The van der Waals surface area contributed by atoms with E-state index in [1.54, 1.807) is 20.8 Å². The molecular weight excluding hydrogens is 681 g/mol. The number of nitrogens with one attached hydrogen (secondary N) is 4. The summed E-state index contributed by atoms with van der Waals surface area (Å²) in [5.74, 6) is -3.49. The normalized spacial score (nSPS) is 29.5. The Morgan fingerprint density at radius 1 is 1.00 bits per heavy atom. The average molecular weight is 731 g/mol. The lowest BCUT2D eigenvalue weighted by atomic mass is 9.78. The smallest absolute Gasteiger partial charge is 0.315 e. The number of piperidine rings is 1. The second kappa shape index (κ2) is 13.7. The van der Waals surface area contributed by atoms with Crippen LogP contribution in [0, 0.1) is 23.2 Å². The highest BCUT2D eigenvalue weighted by Gasteiger charge is 2.74. The van der Waals surface area contributed by atoms with E-state index < -0.39 is 89.9 Å². The first-order valence-electron chi connectivity index (χ1n) is 17.1. The molecule has 0 radical (unpaired) electrons. The van der Waals surface area contributed by atoms with E-state index in [1.165, 1.54) is 11.0 Å². The second-order valence-electron chi connectivity index (χ2n) is 15.5. The molecule has 5 aliphatic rings. The topological polar surface area (TPSA) is 171 Å². The summed E-state index contributed by atoms with van der Waals surface area (Å²) < 4.78 is 24.8. The van der Waals surface area contributed by atoms with Gasteiger partial charge in [-0.05, 0) is 43.4 Å². The van der Waals surface area contributed by atoms with Crippen LogP contribution in [0.5, 0.6) is 0 Å². The van der Waals surface area contributed by atoms with Gasteiger partial charge in [0.25, 0.3) is 5.91 Å². The van der Waals surface area contributed by atoms with Crippen LogP contribution in [0.4, 0.5) is 4.79 Å². The molecule has 0 unspecified atom stereocenters. The van der Waals surface area contributed by atoms with E-state index in [9.17, 15) is 32.4 Å². The number of likely N-dealkylation sites (tertiary alicyclic amines) is 1. The first-order chi connectivity index (χ1) is 22.4. The van der Waals surface area contributed by atoms with Gasteiger partial charge in [-0.1, -0.05) is 59.0 Å². The Balaban J connectivity index is 1.35. The highest BCUT2D eigenvalue weighted by atomic mass is 35.5. The molecule has 6 atom stereocenters. The molecule has 5 rings (SSSR count). The summed E-state index contributed by atoms with van der Waals surface area (Å²) in [7, 11) is -3.38. The number of amides is 5. The maximum absolute atomic E-state index is 14.4. The molecule has 2 heterocycles. The minimum Gasteiger partial charge on any atom is -0.346 e. The van der Waals surface area contributed by atoms with E-state index >= 15 is 0 Å². The average Bonchev–Trinajstić information content (AvgIpc) is 3.79. The SMILES string of the molecule is C=CCNC(=O)C(=O)[C@H](CC1CC1)NC(=O)[C@@H]1[C@@H]2[C@H](CN1C(=O)[C@@H](NC(=O)NC1([C@@H]3CCCS3(=O)=O)CCCCC1)C(C)(C)C)C2(Cl)Cl. The predicted octanol–water partition coefficient (Wildman–Crippen LogP) is 2.77. The van der Waals surface area contributed by atoms with E-state index in [2.05, 4.69) is 27.8 Å². The molecule has 2 aliphatic heterocycles. The molecule has 3 saturated carbocycles. The number of halogens is 2. The second-order valence-corrected chi connectivity index (χ2v) is 19.2. The Labute approximate surface area is 293 Å². The summed E-state index contributed by atoms with van der Waals surface area (Å²) in [6.45, 7) is 9.07. The molecule has 268 valence electrons. The van der Waals surface area contributed by atoms with Gasteiger partial charge in [-0.2, -0.15) is 0 Å². The van der Waals surface area contributed by atoms with Crippen molar-refractivity contribution < 1.29 is 32.4 Å². The van der Waals surface area contributed by atoms with Gasteiger partial charge in [0.15, 0.2) is 9.84 Å². The Morgan fingerprint density at radius 3 is 2.23 bits per heavy atom. The van der Waals surface area contributed by atoms with Gasteiger partial charge < -0.3 is 26.2 Å². The summed E-state index contributed by atoms with van der Waals surface area (Å²) in [5.41, 5.74) is -1.73. The van der Waals surface area contributed by atoms with Gasteiger partial charge in [-0.25, -0.2) is 13.2 Å². The fourth-order valence-corrected chi connectivity index (χ4v) is 11.2. The number of nitrogens with zero attached hydrogens (tertiary/aromatic N) is 1. The number of alkyl halides is 2. The van der Waals surface area contributed by atoms with Crippen molar-refractivity contribution >= 4 is 62.6 Å². The van der Waals surface area contributed by atoms with Gasteiger partial charge in [0.1, 0.15) is 16.4 Å². The summed E-state index contributed by atoms with van der Waals surface area (Å²) in [6.07, 6.45) is 8.15. The van der Waals surface area contributed by atoms with Gasteiger partial charge in [0.05, 0.1) is 22.6 Å². The molecule has 12 nitrogen and oxygen atoms in total. The van der Waals surface area contributed by atoms with Crippen molar-refractivity contribution in [2.45, 2.75) is 118 Å². The largest absolute Gasteiger partial charge is 0.346 e. The molecule has 4 N–H and O–H groups in total. The fourth-order valence-electron chi connectivity index (χ4n) is 8.05. The number of carbonyl (C=O) groups excluding carboxylic acids is 5. The van der Waals surface area contributed by atoms with Crippen LogP contribution in [0.1, 0.15) is 85.0 Å². The van der Waals surface area contributed by atoms with Crippen LogP contribution in [0.25, 0.3) is 0 Å². The minimum atomic E-state index is -3.38. The van der Waals surface area contributed by atoms with Crippen LogP contribution < -0.4 is 21.3 Å². The number of Topliss-reactive ketones (excluding diaryl/α,β-unsaturated/α-hetero) is 1. The quantitative estimate of drug-likeness (QED) is 0.136. The van der Waals surface area contributed by atoms with Gasteiger partial charge in [0.2, 0.25) is 17.6 Å². The zero-order valence-electron chi connectivity index (χ0n) is 28.0. The summed E-state index contributed by atoms with van der Waals surface area (Å²) in [6, 6.07) is -3.96. The lowest BCUT2D eigenvalue weighted by Crippen LogP contribution is -2.65. The first kappa shape index (κ1) is 36.9. The molecule has 48 heavy (non-hydrogen) atoms. The Kier molecular flexibility index (Phi) is 10.6. The zero-order valence-corrected chi connectivity index (χ0v) is 30.3. The van der Waals surface area contributed by atoms with Crippen LogP contribution in [-0.2, 0) is 29.0 Å². The molecule has 15 heteroatoms. The molecular formula is C33H49Cl2N5O7S. The monoisotopic (exact) mass is 729 g/mol. The van der Waals surface area contributed by atoms with E-state index in [1.807, 2.05) is 0 Å². The van der Waals surface area contributed by atoms with Crippen LogP contribution >= 0.6 is 23.2 Å². The zero-order chi connectivity index (χ0) is 35.2.